The van der Waals surface area contributed by atoms with Crippen molar-refractivity contribution in [2.45, 2.75) is 43.7 Å². The number of benzene rings is 1. The summed E-state index contributed by atoms with van der Waals surface area (Å²) in [6.07, 6.45) is -8.11. The molecule has 11 heteroatoms. The number of hydrogen-bond donors (Lipinski definition) is 3. The average Bonchev–Trinajstić information content (AvgIpc) is 2.55. The number of piperidine rings is 1. The van der Waals surface area contributed by atoms with E-state index in [0.29, 0.717) is 19.4 Å². The minimum Gasteiger partial charge on any atom is -0.475 e. The highest BCUT2D eigenvalue weighted by atomic mass is 19.4. The standard InChI is InChI=1S/C14H17F3N2O.C2HF3O2/c15-14(16,17)13(20)19-11-6-7-18-12(9-11)8-10-4-2-1-3-5-10;3-2(4,5)1(6)7/h1-5,11-12,18H,6-9H2,(H,19,20);(H,6,7)/t11?,12-;/m1./s1. The lowest BCUT2D eigenvalue weighted by Crippen LogP contribution is -2.51. The van der Waals surface area contributed by atoms with Gasteiger partial charge in [-0.2, -0.15) is 26.3 Å². The fourth-order valence-electron chi connectivity index (χ4n) is 2.46. The number of alkyl halides is 6. The number of aliphatic carboxylic acids is 1. The van der Waals surface area contributed by atoms with Crippen LogP contribution in [0.2, 0.25) is 0 Å². The monoisotopic (exact) mass is 400 g/mol. The highest BCUT2D eigenvalue weighted by Gasteiger charge is 2.40. The molecule has 3 N–H and O–H groups in total. The summed E-state index contributed by atoms with van der Waals surface area (Å²) in [6, 6.07) is 9.43. The predicted octanol–water partition coefficient (Wildman–Crippen LogP) is 2.66. The molecule has 1 saturated heterocycles. The number of halogens is 6. The molecule has 1 heterocycles. The first kappa shape index (κ1) is 22.7. The lowest BCUT2D eigenvalue weighted by atomic mass is 9.94. The average molecular weight is 400 g/mol. The number of carbonyl (C=O) groups is 2. The smallest absolute Gasteiger partial charge is 0.475 e. The molecule has 2 atom stereocenters. The van der Waals surface area contributed by atoms with Gasteiger partial charge in [-0.25, -0.2) is 4.79 Å². The Hall–Kier alpha value is -2.30. The summed E-state index contributed by atoms with van der Waals surface area (Å²) in [7, 11) is 0. The summed E-state index contributed by atoms with van der Waals surface area (Å²) in [5, 5.41) is 12.5. The molecule has 2 rings (SSSR count). The minimum atomic E-state index is -5.08. The first-order valence-electron chi connectivity index (χ1n) is 7.84. The van der Waals surface area contributed by atoms with Crippen LogP contribution in [0.3, 0.4) is 0 Å². The molecule has 0 aromatic heterocycles. The van der Waals surface area contributed by atoms with Gasteiger partial charge in [-0.1, -0.05) is 30.3 Å². The lowest BCUT2D eigenvalue weighted by molar-refractivity contribution is -0.192. The second kappa shape index (κ2) is 9.58. The third-order valence-electron chi connectivity index (χ3n) is 3.65. The maximum atomic E-state index is 12.2. The number of carbonyl (C=O) groups excluding carboxylic acids is 1. The Morgan fingerprint density at radius 2 is 1.63 bits per heavy atom. The zero-order valence-corrected chi connectivity index (χ0v) is 13.9. The first-order chi connectivity index (χ1) is 12.4. The van der Waals surface area contributed by atoms with E-state index in [1.165, 1.54) is 0 Å². The zero-order chi connectivity index (χ0) is 20.7. The van der Waals surface area contributed by atoms with Crippen LogP contribution in [0.4, 0.5) is 26.3 Å². The molecule has 27 heavy (non-hydrogen) atoms. The number of carboxylic acid groups (broad SMARTS) is 1. The Balaban J connectivity index is 0.000000445. The molecule has 1 amide bonds. The van der Waals surface area contributed by atoms with Crippen molar-refractivity contribution in [1.29, 1.82) is 0 Å². The molecule has 1 fully saturated rings. The van der Waals surface area contributed by atoms with Crippen molar-refractivity contribution < 1.29 is 41.0 Å². The van der Waals surface area contributed by atoms with Crippen molar-refractivity contribution in [2.24, 2.45) is 0 Å². The summed E-state index contributed by atoms with van der Waals surface area (Å²) in [5.41, 5.74) is 1.13. The van der Waals surface area contributed by atoms with E-state index in [1.54, 1.807) is 0 Å². The second-order valence-corrected chi connectivity index (χ2v) is 5.84. The van der Waals surface area contributed by atoms with Crippen LogP contribution in [0.5, 0.6) is 0 Å². The van der Waals surface area contributed by atoms with Gasteiger partial charge in [-0.05, 0) is 31.4 Å². The van der Waals surface area contributed by atoms with Gasteiger partial charge in [0.15, 0.2) is 0 Å². The first-order valence-corrected chi connectivity index (χ1v) is 7.84. The van der Waals surface area contributed by atoms with Gasteiger partial charge >= 0.3 is 24.2 Å². The van der Waals surface area contributed by atoms with E-state index in [9.17, 15) is 31.1 Å². The van der Waals surface area contributed by atoms with E-state index in [2.05, 4.69) is 10.6 Å². The SMILES string of the molecule is O=C(NC1CCN[C@H](Cc2ccccc2)C1)C(F)(F)F.O=C(O)C(F)(F)F. The molecule has 1 unspecified atom stereocenters. The van der Waals surface area contributed by atoms with Crippen molar-refractivity contribution in [2.75, 3.05) is 6.54 Å². The summed E-state index contributed by atoms with van der Waals surface area (Å²) in [4.78, 5) is 19.8. The van der Waals surface area contributed by atoms with Gasteiger partial charge in [-0.3, -0.25) is 4.79 Å². The van der Waals surface area contributed by atoms with Crippen molar-refractivity contribution in [3.05, 3.63) is 35.9 Å². The van der Waals surface area contributed by atoms with E-state index in [-0.39, 0.29) is 6.04 Å². The molecule has 1 aromatic carbocycles. The topological polar surface area (TPSA) is 78.4 Å². The van der Waals surface area contributed by atoms with Gasteiger partial charge in [-0.15, -0.1) is 0 Å². The minimum absolute atomic E-state index is 0.0877. The van der Waals surface area contributed by atoms with Crippen LogP contribution >= 0.6 is 0 Å². The Kier molecular flexibility index (Phi) is 8.07. The quantitative estimate of drug-likeness (QED) is 0.682. The van der Waals surface area contributed by atoms with Gasteiger partial charge in [0, 0.05) is 12.1 Å². The highest BCUT2D eigenvalue weighted by molar-refractivity contribution is 5.81. The van der Waals surface area contributed by atoms with E-state index >= 15 is 0 Å². The molecule has 1 aromatic rings. The molecule has 0 bridgehead atoms. The molecule has 152 valence electrons. The van der Waals surface area contributed by atoms with Crippen molar-refractivity contribution in [3.8, 4) is 0 Å². The van der Waals surface area contributed by atoms with Gasteiger partial charge < -0.3 is 15.7 Å². The maximum absolute atomic E-state index is 12.2. The molecule has 1 aliphatic rings. The summed E-state index contributed by atoms with van der Waals surface area (Å²) >= 11 is 0. The van der Waals surface area contributed by atoms with E-state index < -0.39 is 30.3 Å². The van der Waals surface area contributed by atoms with Crippen LogP contribution < -0.4 is 10.6 Å². The predicted molar refractivity (Wildman–Crippen MR) is 82.8 cm³/mol. The normalized spacial score (nSPS) is 20.2. The largest absolute Gasteiger partial charge is 0.490 e. The third-order valence-corrected chi connectivity index (χ3v) is 3.65. The number of rotatable bonds is 3. The third kappa shape index (κ3) is 8.76. The van der Waals surface area contributed by atoms with Crippen LogP contribution in [-0.2, 0) is 16.0 Å². The number of amides is 1. The highest BCUT2D eigenvalue weighted by Crippen LogP contribution is 2.18. The Morgan fingerprint density at radius 3 is 2.11 bits per heavy atom. The van der Waals surface area contributed by atoms with Gasteiger partial charge in [0.25, 0.3) is 0 Å². The molecule has 0 spiro atoms. The Bertz CT molecular complexity index is 619. The molecule has 0 radical (unpaired) electrons. The molecule has 1 aliphatic heterocycles. The van der Waals surface area contributed by atoms with Crippen molar-refractivity contribution >= 4 is 11.9 Å². The van der Waals surface area contributed by atoms with Gasteiger partial charge in [0.05, 0.1) is 0 Å². The van der Waals surface area contributed by atoms with Gasteiger partial charge in [0.2, 0.25) is 0 Å². The van der Waals surface area contributed by atoms with E-state index in [1.807, 2.05) is 30.3 Å². The molecular weight excluding hydrogens is 382 g/mol. The maximum Gasteiger partial charge on any atom is 0.490 e. The van der Waals surface area contributed by atoms with E-state index in [4.69, 9.17) is 9.90 Å². The number of hydrogen-bond acceptors (Lipinski definition) is 3. The molecule has 5 nitrogen and oxygen atoms in total. The Labute approximate surface area is 150 Å². The van der Waals surface area contributed by atoms with Crippen LogP contribution in [0.25, 0.3) is 0 Å². The second-order valence-electron chi connectivity index (χ2n) is 5.84. The van der Waals surface area contributed by atoms with E-state index in [0.717, 1.165) is 12.0 Å². The summed E-state index contributed by atoms with van der Waals surface area (Å²) in [6.45, 7) is 0.611. The van der Waals surface area contributed by atoms with Crippen LogP contribution in [0, 0.1) is 0 Å². The summed E-state index contributed by atoms with van der Waals surface area (Å²) in [5.74, 6) is -4.60. The summed E-state index contributed by atoms with van der Waals surface area (Å²) < 4.78 is 68.4. The van der Waals surface area contributed by atoms with Gasteiger partial charge in [0.1, 0.15) is 0 Å². The molecule has 0 aliphatic carbocycles. The van der Waals surface area contributed by atoms with Crippen molar-refractivity contribution in [1.82, 2.24) is 10.6 Å². The fourth-order valence-corrected chi connectivity index (χ4v) is 2.46. The van der Waals surface area contributed by atoms with Crippen LogP contribution in [0.1, 0.15) is 18.4 Å². The zero-order valence-electron chi connectivity index (χ0n) is 13.9. The van der Waals surface area contributed by atoms with Crippen molar-refractivity contribution in [3.63, 3.8) is 0 Å². The number of nitrogens with one attached hydrogen (secondary N) is 2. The molecular formula is C16H18F6N2O3. The van der Waals surface area contributed by atoms with Crippen LogP contribution in [-0.4, -0.2) is 48.0 Å². The molecule has 0 saturated carbocycles. The number of carboxylic acids is 1. The Morgan fingerprint density at radius 1 is 1.07 bits per heavy atom. The van der Waals surface area contributed by atoms with Crippen LogP contribution in [0.15, 0.2) is 30.3 Å². The fraction of sp³-hybridized carbons (Fsp3) is 0.500. The lowest BCUT2D eigenvalue weighted by Gasteiger charge is -2.31.